The number of nitrogens with one attached hydrogen (secondary N) is 1. The first-order valence-corrected chi connectivity index (χ1v) is 6.31. The summed E-state index contributed by atoms with van der Waals surface area (Å²) >= 11 is 6.82. The van der Waals surface area contributed by atoms with Gasteiger partial charge in [0.25, 0.3) is 5.56 Å². The van der Waals surface area contributed by atoms with E-state index in [1.165, 1.54) is 6.33 Å². The zero-order valence-corrected chi connectivity index (χ0v) is 11.8. The van der Waals surface area contributed by atoms with Crippen LogP contribution in [0.5, 0.6) is 0 Å². The lowest BCUT2D eigenvalue weighted by Crippen LogP contribution is -2.30. The third-order valence-electron chi connectivity index (χ3n) is 2.09. The molecule has 0 bridgehead atoms. The highest BCUT2D eigenvalue weighted by Gasteiger charge is 2.12. The molecule has 1 heterocycles. The van der Waals surface area contributed by atoms with Crippen LogP contribution < -0.4 is 16.2 Å². The number of rotatable bonds is 5. The first kappa shape index (κ1) is 13.4. The van der Waals surface area contributed by atoms with Crippen LogP contribution in [0.4, 0.5) is 5.82 Å². The Morgan fingerprint density at radius 3 is 3.00 bits per heavy atom. The third kappa shape index (κ3) is 3.41. The fourth-order valence-corrected chi connectivity index (χ4v) is 1.98. The highest BCUT2D eigenvalue weighted by molar-refractivity contribution is 14.1. The number of halogens is 1. The van der Waals surface area contributed by atoms with Crippen molar-refractivity contribution in [3.63, 3.8) is 0 Å². The molecule has 0 unspecified atom stereocenters. The predicted molar refractivity (Wildman–Crippen MR) is 76.9 cm³/mol. The lowest BCUT2D eigenvalue weighted by atomic mass is 10.3. The van der Waals surface area contributed by atoms with E-state index in [9.17, 15) is 4.79 Å². The average molecular weight is 352 g/mol. The molecule has 0 amide bonds. The Kier molecular flexibility index (Phi) is 5.13. The van der Waals surface area contributed by atoms with E-state index >= 15 is 0 Å². The van der Waals surface area contributed by atoms with Gasteiger partial charge in [-0.15, -0.1) is 0 Å². The van der Waals surface area contributed by atoms with E-state index in [1.54, 1.807) is 0 Å². The molecule has 1 rings (SSSR count). The third-order valence-corrected chi connectivity index (χ3v) is 3.26. The Morgan fingerprint density at radius 2 is 2.44 bits per heavy atom. The van der Waals surface area contributed by atoms with E-state index in [-0.39, 0.29) is 5.56 Å². The van der Waals surface area contributed by atoms with Gasteiger partial charge in [0.2, 0.25) is 0 Å². The van der Waals surface area contributed by atoms with Crippen molar-refractivity contribution in [3.8, 4) is 0 Å². The Balaban J connectivity index is 2.90. The van der Waals surface area contributed by atoms with Gasteiger partial charge >= 0.3 is 0 Å². The van der Waals surface area contributed by atoms with Crippen LogP contribution in [-0.2, 0) is 0 Å². The lowest BCUT2D eigenvalue weighted by molar-refractivity contribution is 0.809. The van der Waals surface area contributed by atoms with E-state index < -0.39 is 0 Å². The average Bonchev–Trinajstić information content (AvgIpc) is 2.24. The standard InChI is InChI=1S/C9H13IN4OS/c1-2-14(4-3-6(11)16)8-7(10)9(15)13-5-12-8/h5H,2-4H2,1H3,(H2,11,16)(H,12,13,15). The van der Waals surface area contributed by atoms with E-state index in [4.69, 9.17) is 18.0 Å². The summed E-state index contributed by atoms with van der Waals surface area (Å²) < 4.78 is 0.588. The number of nitrogens with two attached hydrogens (primary N) is 1. The van der Waals surface area contributed by atoms with Crippen LogP contribution >= 0.6 is 34.8 Å². The number of anilines is 1. The van der Waals surface area contributed by atoms with Crippen molar-refractivity contribution in [2.45, 2.75) is 13.3 Å². The van der Waals surface area contributed by atoms with Crippen molar-refractivity contribution in [1.82, 2.24) is 9.97 Å². The van der Waals surface area contributed by atoms with Gasteiger partial charge in [0.05, 0.1) is 11.3 Å². The van der Waals surface area contributed by atoms with E-state index in [1.807, 2.05) is 34.4 Å². The molecule has 0 atom stereocenters. The molecule has 0 aromatic carbocycles. The molecule has 7 heteroatoms. The second-order valence-corrected chi connectivity index (χ2v) is 4.77. The maximum atomic E-state index is 11.4. The first-order valence-electron chi connectivity index (χ1n) is 4.82. The number of thiocarbonyl (C=S) groups is 1. The molecule has 16 heavy (non-hydrogen) atoms. The molecule has 0 saturated heterocycles. The molecule has 1 aromatic rings. The van der Waals surface area contributed by atoms with Crippen molar-refractivity contribution >= 4 is 45.6 Å². The zero-order valence-electron chi connectivity index (χ0n) is 8.86. The Labute approximate surface area is 113 Å². The maximum Gasteiger partial charge on any atom is 0.266 e. The van der Waals surface area contributed by atoms with Gasteiger partial charge in [0, 0.05) is 19.5 Å². The fraction of sp³-hybridized carbons (Fsp3) is 0.444. The molecule has 0 fully saturated rings. The van der Waals surface area contributed by atoms with Crippen molar-refractivity contribution in [2.24, 2.45) is 5.73 Å². The fourth-order valence-electron chi connectivity index (χ4n) is 1.25. The topological polar surface area (TPSA) is 75.0 Å². The monoisotopic (exact) mass is 352 g/mol. The van der Waals surface area contributed by atoms with Gasteiger partial charge in [0.1, 0.15) is 9.39 Å². The molecule has 0 aliphatic carbocycles. The highest BCUT2D eigenvalue weighted by atomic mass is 127. The van der Waals surface area contributed by atoms with Crippen LogP contribution in [0.25, 0.3) is 0 Å². The van der Waals surface area contributed by atoms with Gasteiger partial charge in [-0.05, 0) is 29.5 Å². The quantitative estimate of drug-likeness (QED) is 0.608. The molecular formula is C9H13IN4OS. The summed E-state index contributed by atoms with van der Waals surface area (Å²) in [6.45, 7) is 3.44. The van der Waals surface area contributed by atoms with Gasteiger partial charge in [-0.1, -0.05) is 12.2 Å². The molecule has 3 N–H and O–H groups in total. The second-order valence-electron chi connectivity index (χ2n) is 3.17. The largest absolute Gasteiger partial charge is 0.393 e. The smallest absolute Gasteiger partial charge is 0.266 e. The molecule has 1 aromatic heterocycles. The molecule has 0 aliphatic heterocycles. The minimum Gasteiger partial charge on any atom is -0.393 e. The van der Waals surface area contributed by atoms with Crippen molar-refractivity contribution in [3.05, 3.63) is 20.3 Å². The van der Waals surface area contributed by atoms with E-state index in [2.05, 4.69) is 9.97 Å². The Morgan fingerprint density at radius 1 is 1.75 bits per heavy atom. The summed E-state index contributed by atoms with van der Waals surface area (Å²) in [7, 11) is 0. The van der Waals surface area contributed by atoms with Gasteiger partial charge in [-0.2, -0.15) is 0 Å². The minimum absolute atomic E-state index is 0.126. The van der Waals surface area contributed by atoms with Crippen molar-refractivity contribution in [2.75, 3.05) is 18.0 Å². The van der Waals surface area contributed by atoms with Crippen LogP contribution in [0, 0.1) is 3.57 Å². The van der Waals surface area contributed by atoms with Crippen LogP contribution in [0.3, 0.4) is 0 Å². The lowest BCUT2D eigenvalue weighted by Gasteiger charge is -2.22. The van der Waals surface area contributed by atoms with E-state index in [0.717, 1.165) is 6.54 Å². The van der Waals surface area contributed by atoms with Gasteiger partial charge < -0.3 is 15.6 Å². The highest BCUT2D eigenvalue weighted by Crippen LogP contribution is 2.15. The van der Waals surface area contributed by atoms with Crippen LogP contribution in [-0.4, -0.2) is 28.0 Å². The zero-order chi connectivity index (χ0) is 12.1. The number of nitrogens with zero attached hydrogens (tertiary/aromatic N) is 2. The summed E-state index contributed by atoms with van der Waals surface area (Å²) in [6.07, 6.45) is 2.02. The van der Waals surface area contributed by atoms with Crippen molar-refractivity contribution in [1.29, 1.82) is 0 Å². The van der Waals surface area contributed by atoms with Crippen LogP contribution in [0.2, 0.25) is 0 Å². The molecule has 0 saturated carbocycles. The molecule has 0 aliphatic rings. The summed E-state index contributed by atoms with van der Waals surface area (Å²) in [4.78, 5) is 20.6. The molecular weight excluding hydrogens is 339 g/mol. The number of aromatic nitrogens is 2. The normalized spacial score (nSPS) is 10.1. The molecule has 0 spiro atoms. The summed E-state index contributed by atoms with van der Waals surface area (Å²) in [6, 6.07) is 0. The van der Waals surface area contributed by atoms with E-state index in [0.29, 0.717) is 27.3 Å². The molecule has 5 nitrogen and oxygen atoms in total. The van der Waals surface area contributed by atoms with Gasteiger partial charge in [-0.25, -0.2) is 4.98 Å². The Hall–Kier alpha value is -0.700. The van der Waals surface area contributed by atoms with Crippen LogP contribution in [0.1, 0.15) is 13.3 Å². The van der Waals surface area contributed by atoms with Crippen molar-refractivity contribution < 1.29 is 0 Å². The molecule has 88 valence electrons. The summed E-state index contributed by atoms with van der Waals surface area (Å²) in [5, 5.41) is 0. The second kappa shape index (κ2) is 6.14. The maximum absolute atomic E-state index is 11.4. The Bertz CT molecular complexity index is 434. The van der Waals surface area contributed by atoms with Gasteiger partial charge in [0.15, 0.2) is 0 Å². The minimum atomic E-state index is -0.126. The van der Waals surface area contributed by atoms with Gasteiger partial charge in [-0.3, -0.25) is 4.79 Å². The summed E-state index contributed by atoms with van der Waals surface area (Å²) in [5.41, 5.74) is 5.33. The number of hydrogen-bond acceptors (Lipinski definition) is 4. The first-order chi connectivity index (χ1) is 7.56. The number of H-pyrrole nitrogens is 1. The SMILES string of the molecule is CCN(CCC(N)=S)c1nc[nH]c(=O)c1I. The predicted octanol–water partition coefficient (Wildman–Crippen LogP) is 0.877. The number of hydrogen-bond donors (Lipinski definition) is 2. The van der Waals surface area contributed by atoms with Crippen LogP contribution in [0.15, 0.2) is 11.1 Å². The molecule has 0 radical (unpaired) electrons. The number of aromatic amines is 1. The summed E-state index contributed by atoms with van der Waals surface area (Å²) in [5.74, 6) is 0.683.